The van der Waals surface area contributed by atoms with Gasteiger partial charge in [-0.15, -0.1) is 0 Å². The van der Waals surface area contributed by atoms with E-state index in [1.54, 1.807) is 6.07 Å². The summed E-state index contributed by atoms with van der Waals surface area (Å²) < 4.78 is 0. The molecule has 3 rings (SSSR count). The number of hydrogen-bond donors (Lipinski definition) is 3. The van der Waals surface area contributed by atoms with E-state index in [1.807, 2.05) is 12.1 Å². The van der Waals surface area contributed by atoms with Gasteiger partial charge in [0.2, 0.25) is 0 Å². The van der Waals surface area contributed by atoms with Crippen molar-refractivity contribution in [3.63, 3.8) is 0 Å². The van der Waals surface area contributed by atoms with Crippen LogP contribution in [0.5, 0.6) is 5.75 Å². The molecule has 0 aromatic heterocycles. The van der Waals surface area contributed by atoms with E-state index in [-0.39, 0.29) is 5.41 Å². The second kappa shape index (κ2) is 4.31. The highest BCUT2D eigenvalue weighted by Gasteiger charge is 2.39. The zero-order chi connectivity index (χ0) is 11.7. The zero-order valence-corrected chi connectivity index (χ0v) is 10.1. The summed E-state index contributed by atoms with van der Waals surface area (Å²) in [7, 11) is 0. The minimum atomic E-state index is 0.272. The molecule has 0 atom stereocenters. The second-order valence-electron chi connectivity index (χ2n) is 5.42. The van der Waals surface area contributed by atoms with Crippen LogP contribution < -0.4 is 10.6 Å². The van der Waals surface area contributed by atoms with Crippen molar-refractivity contribution in [1.29, 1.82) is 0 Å². The van der Waals surface area contributed by atoms with Crippen molar-refractivity contribution in [3.05, 3.63) is 29.8 Å². The van der Waals surface area contributed by atoms with Crippen LogP contribution in [0.15, 0.2) is 24.3 Å². The number of phenolic OH excluding ortho intramolecular Hbond substituents is 1. The van der Waals surface area contributed by atoms with Crippen LogP contribution in [0.1, 0.15) is 24.8 Å². The molecule has 2 aliphatic rings. The Morgan fingerprint density at radius 2 is 2.18 bits per heavy atom. The van der Waals surface area contributed by atoms with Crippen molar-refractivity contribution in [2.45, 2.75) is 30.7 Å². The summed E-state index contributed by atoms with van der Waals surface area (Å²) in [6.07, 6.45) is 3.79. The Bertz CT molecular complexity index is 397. The average molecular weight is 232 g/mol. The first-order valence-corrected chi connectivity index (χ1v) is 6.52. The molecule has 0 bridgehead atoms. The number of aromatic hydroxyl groups is 1. The van der Waals surface area contributed by atoms with Gasteiger partial charge in [0.15, 0.2) is 0 Å². The molecule has 3 nitrogen and oxygen atoms in total. The maximum Gasteiger partial charge on any atom is 0.115 e. The lowest BCUT2D eigenvalue weighted by molar-refractivity contribution is 0.212. The Morgan fingerprint density at radius 3 is 2.71 bits per heavy atom. The molecule has 3 N–H and O–H groups in total. The number of rotatable bonds is 4. The molecule has 1 aliphatic carbocycles. The first-order chi connectivity index (χ1) is 8.28. The Morgan fingerprint density at radius 1 is 1.35 bits per heavy atom. The van der Waals surface area contributed by atoms with Gasteiger partial charge >= 0.3 is 0 Å². The molecule has 0 amide bonds. The van der Waals surface area contributed by atoms with Crippen molar-refractivity contribution < 1.29 is 5.11 Å². The van der Waals surface area contributed by atoms with Crippen molar-refractivity contribution in [2.75, 3.05) is 19.6 Å². The molecule has 1 aromatic carbocycles. The van der Waals surface area contributed by atoms with Crippen LogP contribution in [0.3, 0.4) is 0 Å². The molecule has 92 valence electrons. The fourth-order valence-electron chi connectivity index (χ4n) is 2.78. The third kappa shape index (κ3) is 2.05. The molecule has 1 aromatic rings. The highest BCUT2D eigenvalue weighted by molar-refractivity contribution is 5.35. The smallest absolute Gasteiger partial charge is 0.115 e. The van der Waals surface area contributed by atoms with E-state index in [4.69, 9.17) is 0 Å². The van der Waals surface area contributed by atoms with E-state index in [0.29, 0.717) is 11.8 Å². The number of benzene rings is 1. The molecule has 3 heteroatoms. The largest absolute Gasteiger partial charge is 0.508 e. The SMILES string of the molecule is Oc1cccc(C2(CNC3CNC3)CCC2)c1. The maximum atomic E-state index is 9.60. The van der Waals surface area contributed by atoms with Gasteiger partial charge in [0.25, 0.3) is 0 Å². The maximum absolute atomic E-state index is 9.60. The van der Waals surface area contributed by atoms with Crippen molar-refractivity contribution in [3.8, 4) is 5.75 Å². The first kappa shape index (κ1) is 11.1. The predicted molar refractivity (Wildman–Crippen MR) is 68.3 cm³/mol. The summed E-state index contributed by atoms with van der Waals surface area (Å²) >= 11 is 0. The molecule has 0 spiro atoms. The summed E-state index contributed by atoms with van der Waals surface area (Å²) in [5.41, 5.74) is 1.57. The molecule has 1 aliphatic heterocycles. The van der Waals surface area contributed by atoms with Gasteiger partial charge in [-0.3, -0.25) is 0 Å². The summed E-state index contributed by atoms with van der Waals surface area (Å²) in [6.45, 7) is 3.23. The van der Waals surface area contributed by atoms with Crippen LogP contribution in [-0.4, -0.2) is 30.8 Å². The second-order valence-corrected chi connectivity index (χ2v) is 5.42. The van der Waals surface area contributed by atoms with Gasteiger partial charge in [-0.2, -0.15) is 0 Å². The molecular formula is C14H20N2O. The predicted octanol–water partition coefficient (Wildman–Crippen LogP) is 1.38. The molecule has 0 radical (unpaired) electrons. The third-order valence-corrected chi connectivity index (χ3v) is 4.28. The van der Waals surface area contributed by atoms with E-state index in [2.05, 4.69) is 16.7 Å². The van der Waals surface area contributed by atoms with E-state index in [0.717, 1.165) is 19.6 Å². The van der Waals surface area contributed by atoms with Gasteiger partial charge < -0.3 is 15.7 Å². The molecule has 1 heterocycles. The van der Waals surface area contributed by atoms with Gasteiger partial charge in [0.05, 0.1) is 0 Å². The normalized spacial score (nSPS) is 22.8. The summed E-state index contributed by atoms with van der Waals surface area (Å²) in [5.74, 6) is 0.388. The Labute approximate surface area is 102 Å². The highest BCUT2D eigenvalue weighted by Crippen LogP contribution is 2.44. The minimum Gasteiger partial charge on any atom is -0.508 e. The fraction of sp³-hybridized carbons (Fsp3) is 0.571. The number of phenols is 1. The van der Waals surface area contributed by atoms with Gasteiger partial charge in [-0.25, -0.2) is 0 Å². The molecule has 0 unspecified atom stereocenters. The Kier molecular flexibility index (Phi) is 2.81. The van der Waals surface area contributed by atoms with Crippen molar-refractivity contribution in [1.82, 2.24) is 10.6 Å². The standard InChI is InChI=1S/C14H20N2O/c17-13-4-1-3-11(7-13)14(5-2-6-14)10-16-12-8-15-9-12/h1,3-4,7,12,15-17H,2,5-6,8-10H2. The summed E-state index contributed by atoms with van der Waals surface area (Å²) in [5, 5.41) is 16.5. The summed E-state index contributed by atoms with van der Waals surface area (Å²) in [6, 6.07) is 8.43. The lowest BCUT2D eigenvalue weighted by Crippen LogP contribution is -2.58. The van der Waals surface area contributed by atoms with Crippen molar-refractivity contribution >= 4 is 0 Å². The number of hydrogen-bond acceptors (Lipinski definition) is 3. The van der Waals surface area contributed by atoms with E-state index >= 15 is 0 Å². The van der Waals surface area contributed by atoms with Gasteiger partial charge in [0, 0.05) is 31.1 Å². The van der Waals surface area contributed by atoms with Gasteiger partial charge in [-0.1, -0.05) is 18.6 Å². The van der Waals surface area contributed by atoms with Crippen LogP contribution in [0, 0.1) is 0 Å². The molecule has 1 saturated carbocycles. The molecular weight excluding hydrogens is 212 g/mol. The molecule has 1 saturated heterocycles. The van der Waals surface area contributed by atoms with Crippen LogP contribution in [0.25, 0.3) is 0 Å². The van der Waals surface area contributed by atoms with Gasteiger partial charge in [-0.05, 0) is 30.5 Å². The van der Waals surface area contributed by atoms with Crippen LogP contribution in [0.2, 0.25) is 0 Å². The lowest BCUT2D eigenvalue weighted by atomic mass is 9.64. The van der Waals surface area contributed by atoms with E-state index in [9.17, 15) is 5.11 Å². The molecule has 2 fully saturated rings. The summed E-state index contributed by atoms with van der Waals surface area (Å²) in [4.78, 5) is 0. The van der Waals surface area contributed by atoms with Crippen LogP contribution in [-0.2, 0) is 5.41 Å². The minimum absolute atomic E-state index is 0.272. The van der Waals surface area contributed by atoms with Crippen LogP contribution in [0.4, 0.5) is 0 Å². The lowest BCUT2D eigenvalue weighted by Gasteiger charge is -2.44. The average Bonchev–Trinajstić information content (AvgIpc) is 2.19. The topological polar surface area (TPSA) is 44.3 Å². The Balaban J connectivity index is 1.71. The highest BCUT2D eigenvalue weighted by atomic mass is 16.3. The van der Waals surface area contributed by atoms with E-state index < -0.39 is 0 Å². The monoisotopic (exact) mass is 232 g/mol. The van der Waals surface area contributed by atoms with E-state index in [1.165, 1.54) is 24.8 Å². The quantitative estimate of drug-likeness (QED) is 0.735. The zero-order valence-electron chi connectivity index (χ0n) is 10.1. The fourth-order valence-corrected chi connectivity index (χ4v) is 2.78. The van der Waals surface area contributed by atoms with Crippen LogP contribution >= 0.6 is 0 Å². The number of nitrogens with one attached hydrogen (secondary N) is 2. The first-order valence-electron chi connectivity index (χ1n) is 6.52. The molecule has 17 heavy (non-hydrogen) atoms. The van der Waals surface area contributed by atoms with Gasteiger partial charge in [0.1, 0.15) is 5.75 Å². The van der Waals surface area contributed by atoms with Crippen molar-refractivity contribution in [2.24, 2.45) is 0 Å². The Hall–Kier alpha value is -1.06. The third-order valence-electron chi connectivity index (χ3n) is 4.28.